The van der Waals surface area contributed by atoms with Crippen LogP contribution in [0, 0.1) is 0 Å². The summed E-state index contributed by atoms with van der Waals surface area (Å²) in [4.78, 5) is 24.3. The Labute approximate surface area is 141 Å². The van der Waals surface area contributed by atoms with E-state index in [0.29, 0.717) is 11.1 Å². The predicted molar refractivity (Wildman–Crippen MR) is 93.8 cm³/mol. The standard InChI is InChI=1S/C20H18O4/c1-5-14-9-6-7-10-15(14)13(2)16-11-8-12-17(19(21)23-3)18(16)20(22)24-4/h5-12H,1-2H2,3-4H3. The molecule has 0 aliphatic rings. The highest BCUT2D eigenvalue weighted by molar-refractivity contribution is 6.07. The van der Waals surface area contributed by atoms with E-state index < -0.39 is 11.9 Å². The fraction of sp³-hybridized carbons (Fsp3) is 0.100. The number of hydrogen-bond acceptors (Lipinski definition) is 4. The number of hydrogen-bond donors (Lipinski definition) is 0. The molecule has 4 nitrogen and oxygen atoms in total. The number of ether oxygens (including phenoxy) is 2. The van der Waals surface area contributed by atoms with Crippen LogP contribution in [0.3, 0.4) is 0 Å². The molecule has 2 aromatic rings. The molecule has 0 aromatic heterocycles. The van der Waals surface area contributed by atoms with Gasteiger partial charge in [0.05, 0.1) is 25.3 Å². The molecule has 0 aliphatic heterocycles. The number of carbonyl (C=O) groups excluding carboxylic acids is 2. The van der Waals surface area contributed by atoms with Crippen LogP contribution in [0.25, 0.3) is 11.6 Å². The molecule has 0 atom stereocenters. The molecule has 24 heavy (non-hydrogen) atoms. The van der Waals surface area contributed by atoms with Crippen LogP contribution in [0.2, 0.25) is 0 Å². The van der Waals surface area contributed by atoms with Crippen molar-refractivity contribution in [3.8, 4) is 0 Å². The lowest BCUT2D eigenvalue weighted by molar-refractivity contribution is 0.0555. The summed E-state index contributed by atoms with van der Waals surface area (Å²) in [5.41, 5.74) is 3.08. The molecule has 4 heteroatoms. The van der Waals surface area contributed by atoms with E-state index in [1.54, 1.807) is 18.2 Å². The van der Waals surface area contributed by atoms with E-state index in [1.165, 1.54) is 20.3 Å². The van der Waals surface area contributed by atoms with Gasteiger partial charge in [0.2, 0.25) is 0 Å². The van der Waals surface area contributed by atoms with Gasteiger partial charge in [-0.3, -0.25) is 0 Å². The van der Waals surface area contributed by atoms with Gasteiger partial charge in [-0.25, -0.2) is 9.59 Å². The molecule has 0 fully saturated rings. The van der Waals surface area contributed by atoms with Crippen molar-refractivity contribution in [2.75, 3.05) is 14.2 Å². The van der Waals surface area contributed by atoms with E-state index in [0.717, 1.165) is 11.1 Å². The van der Waals surface area contributed by atoms with Gasteiger partial charge in [0, 0.05) is 0 Å². The molecule has 122 valence electrons. The lowest BCUT2D eigenvalue weighted by atomic mass is 9.90. The third-order valence-corrected chi connectivity index (χ3v) is 3.69. The third kappa shape index (κ3) is 3.13. The van der Waals surface area contributed by atoms with E-state index in [2.05, 4.69) is 13.2 Å². The first kappa shape index (κ1) is 17.2. The fourth-order valence-corrected chi connectivity index (χ4v) is 2.50. The highest BCUT2D eigenvalue weighted by Crippen LogP contribution is 2.30. The van der Waals surface area contributed by atoms with Gasteiger partial charge in [0.25, 0.3) is 0 Å². The number of methoxy groups -OCH3 is 2. The first-order chi connectivity index (χ1) is 11.5. The van der Waals surface area contributed by atoms with Gasteiger partial charge in [-0.15, -0.1) is 0 Å². The van der Waals surface area contributed by atoms with E-state index >= 15 is 0 Å². The van der Waals surface area contributed by atoms with Crippen molar-refractivity contribution in [3.63, 3.8) is 0 Å². The first-order valence-corrected chi connectivity index (χ1v) is 7.25. The Bertz CT molecular complexity index is 818. The van der Waals surface area contributed by atoms with Gasteiger partial charge < -0.3 is 9.47 Å². The second-order valence-corrected chi connectivity index (χ2v) is 4.98. The summed E-state index contributed by atoms with van der Waals surface area (Å²) in [6.07, 6.45) is 1.71. The van der Waals surface area contributed by atoms with Crippen molar-refractivity contribution in [1.82, 2.24) is 0 Å². The Balaban J connectivity index is 2.69. The molecule has 0 radical (unpaired) electrons. The van der Waals surface area contributed by atoms with Gasteiger partial charge in [0.15, 0.2) is 0 Å². The second kappa shape index (κ2) is 7.42. The third-order valence-electron chi connectivity index (χ3n) is 3.69. The second-order valence-electron chi connectivity index (χ2n) is 4.98. The van der Waals surface area contributed by atoms with Crippen molar-refractivity contribution in [1.29, 1.82) is 0 Å². The van der Waals surface area contributed by atoms with Crippen molar-refractivity contribution in [2.24, 2.45) is 0 Å². The van der Waals surface area contributed by atoms with Crippen LogP contribution < -0.4 is 0 Å². The van der Waals surface area contributed by atoms with Gasteiger partial charge in [-0.2, -0.15) is 0 Å². The minimum Gasteiger partial charge on any atom is -0.465 e. The Kier molecular flexibility index (Phi) is 5.32. The Morgan fingerprint density at radius 2 is 1.46 bits per heavy atom. The average Bonchev–Trinajstić information content (AvgIpc) is 2.65. The molecular formula is C20H18O4. The minimum absolute atomic E-state index is 0.135. The summed E-state index contributed by atoms with van der Waals surface area (Å²) >= 11 is 0. The summed E-state index contributed by atoms with van der Waals surface area (Å²) in [7, 11) is 2.53. The van der Waals surface area contributed by atoms with E-state index in [4.69, 9.17) is 9.47 Å². The molecule has 0 amide bonds. The van der Waals surface area contributed by atoms with E-state index in [-0.39, 0.29) is 11.1 Å². The SMILES string of the molecule is C=Cc1ccccc1C(=C)c1cccc(C(=O)OC)c1C(=O)OC. The summed E-state index contributed by atoms with van der Waals surface area (Å²) in [6.45, 7) is 7.89. The molecule has 2 rings (SSSR count). The van der Waals surface area contributed by atoms with Crippen molar-refractivity contribution in [2.45, 2.75) is 0 Å². The number of rotatable bonds is 5. The Morgan fingerprint density at radius 3 is 2.08 bits per heavy atom. The van der Waals surface area contributed by atoms with Crippen LogP contribution in [0.1, 0.15) is 37.4 Å². The highest BCUT2D eigenvalue weighted by Gasteiger charge is 2.24. The topological polar surface area (TPSA) is 52.6 Å². The first-order valence-electron chi connectivity index (χ1n) is 7.25. The summed E-state index contributed by atoms with van der Waals surface area (Å²) in [6, 6.07) is 12.5. The molecule has 0 N–H and O–H groups in total. The van der Waals surface area contributed by atoms with Gasteiger partial charge in [0.1, 0.15) is 0 Å². The number of esters is 2. The molecule has 0 saturated carbocycles. The highest BCUT2D eigenvalue weighted by atomic mass is 16.5. The smallest absolute Gasteiger partial charge is 0.339 e. The minimum atomic E-state index is -0.622. The van der Waals surface area contributed by atoms with Crippen LogP contribution in [-0.2, 0) is 9.47 Å². The maximum atomic E-state index is 12.3. The molecule has 0 bridgehead atoms. The van der Waals surface area contributed by atoms with E-state index in [9.17, 15) is 9.59 Å². The maximum Gasteiger partial charge on any atom is 0.339 e. The summed E-state index contributed by atoms with van der Waals surface area (Å²) in [5.74, 6) is -1.23. The average molecular weight is 322 g/mol. The quantitative estimate of drug-likeness (QED) is 0.782. The van der Waals surface area contributed by atoms with Crippen molar-refractivity contribution in [3.05, 3.63) is 83.4 Å². The number of carbonyl (C=O) groups is 2. The van der Waals surface area contributed by atoms with Crippen molar-refractivity contribution >= 4 is 23.6 Å². The van der Waals surface area contributed by atoms with Crippen molar-refractivity contribution < 1.29 is 19.1 Å². The maximum absolute atomic E-state index is 12.3. The van der Waals surface area contributed by atoms with Gasteiger partial charge in [-0.1, -0.05) is 55.6 Å². The Morgan fingerprint density at radius 1 is 0.875 bits per heavy atom. The molecule has 0 heterocycles. The molecule has 0 aliphatic carbocycles. The zero-order valence-electron chi connectivity index (χ0n) is 13.7. The number of benzene rings is 2. The zero-order chi connectivity index (χ0) is 17.7. The predicted octanol–water partition coefficient (Wildman–Crippen LogP) is 3.96. The zero-order valence-corrected chi connectivity index (χ0v) is 13.7. The molecular weight excluding hydrogens is 304 g/mol. The lowest BCUT2D eigenvalue weighted by Gasteiger charge is -2.15. The lowest BCUT2D eigenvalue weighted by Crippen LogP contribution is -2.14. The molecule has 0 spiro atoms. The van der Waals surface area contributed by atoms with Crippen LogP contribution in [0.5, 0.6) is 0 Å². The van der Waals surface area contributed by atoms with Gasteiger partial charge in [-0.05, 0) is 28.3 Å². The van der Waals surface area contributed by atoms with Gasteiger partial charge >= 0.3 is 11.9 Å². The van der Waals surface area contributed by atoms with E-state index in [1.807, 2.05) is 24.3 Å². The van der Waals surface area contributed by atoms with Crippen LogP contribution in [0.15, 0.2) is 55.6 Å². The molecule has 2 aromatic carbocycles. The van der Waals surface area contributed by atoms with Crippen LogP contribution in [0.4, 0.5) is 0 Å². The van der Waals surface area contributed by atoms with Crippen LogP contribution in [-0.4, -0.2) is 26.2 Å². The monoisotopic (exact) mass is 322 g/mol. The summed E-state index contributed by atoms with van der Waals surface area (Å²) < 4.78 is 9.61. The Hall–Kier alpha value is -3.14. The molecule has 0 unspecified atom stereocenters. The van der Waals surface area contributed by atoms with Crippen LogP contribution >= 0.6 is 0 Å². The largest absolute Gasteiger partial charge is 0.465 e. The fourth-order valence-electron chi connectivity index (χ4n) is 2.50. The molecule has 0 saturated heterocycles. The normalized spacial score (nSPS) is 9.92. The summed E-state index contributed by atoms with van der Waals surface area (Å²) in [5, 5.41) is 0.